The quantitative estimate of drug-likeness (QED) is 0.903. The molecule has 1 aromatic heterocycles. The smallest absolute Gasteiger partial charge is 0.289 e. The van der Waals surface area contributed by atoms with E-state index in [1.54, 1.807) is 17.0 Å². The van der Waals surface area contributed by atoms with Crippen LogP contribution in [0.2, 0.25) is 0 Å². The highest BCUT2D eigenvalue weighted by atomic mass is 16.3. The molecule has 1 spiro atoms. The lowest BCUT2D eigenvalue weighted by Gasteiger charge is -2.47. The second-order valence-electron chi connectivity index (χ2n) is 6.94. The van der Waals surface area contributed by atoms with Gasteiger partial charge in [0.05, 0.1) is 12.3 Å². The molecule has 0 bridgehead atoms. The van der Waals surface area contributed by atoms with Gasteiger partial charge in [-0.25, -0.2) is 0 Å². The molecule has 1 unspecified atom stereocenters. The molecule has 22 heavy (non-hydrogen) atoms. The zero-order valence-electron chi connectivity index (χ0n) is 13.3. The van der Waals surface area contributed by atoms with Crippen LogP contribution >= 0.6 is 0 Å². The molecule has 0 aliphatic carbocycles. The Kier molecular flexibility index (Phi) is 3.72. The molecule has 3 rings (SSSR count). The van der Waals surface area contributed by atoms with Crippen molar-refractivity contribution in [3.63, 3.8) is 0 Å². The fourth-order valence-electron chi connectivity index (χ4n) is 3.64. The van der Waals surface area contributed by atoms with Crippen molar-refractivity contribution in [1.82, 2.24) is 15.1 Å². The number of likely N-dealkylation sites (tertiary alicyclic amines) is 2. The van der Waals surface area contributed by atoms with Crippen molar-refractivity contribution < 1.29 is 14.0 Å². The van der Waals surface area contributed by atoms with Gasteiger partial charge in [-0.2, -0.15) is 0 Å². The van der Waals surface area contributed by atoms with Gasteiger partial charge in [0.1, 0.15) is 0 Å². The summed E-state index contributed by atoms with van der Waals surface area (Å²) in [6.07, 6.45) is 2.32. The minimum Gasteiger partial charge on any atom is -0.459 e. The van der Waals surface area contributed by atoms with Crippen molar-refractivity contribution in [2.45, 2.75) is 32.4 Å². The monoisotopic (exact) mass is 305 g/mol. The molecule has 1 aromatic rings. The van der Waals surface area contributed by atoms with Gasteiger partial charge in [0.15, 0.2) is 5.76 Å². The summed E-state index contributed by atoms with van der Waals surface area (Å²) in [4.78, 5) is 28.4. The van der Waals surface area contributed by atoms with Crippen LogP contribution < -0.4 is 5.32 Å². The molecule has 2 aliphatic rings. The van der Waals surface area contributed by atoms with Crippen molar-refractivity contribution in [3.05, 3.63) is 24.2 Å². The molecule has 6 nitrogen and oxygen atoms in total. The second kappa shape index (κ2) is 5.43. The Hall–Kier alpha value is -1.82. The lowest BCUT2D eigenvalue weighted by atomic mass is 9.77. The zero-order valence-corrected chi connectivity index (χ0v) is 13.3. The Morgan fingerprint density at radius 2 is 2.09 bits per heavy atom. The summed E-state index contributed by atoms with van der Waals surface area (Å²) in [5.74, 6) is 0.411. The Bertz CT molecular complexity index is 561. The molecule has 2 saturated heterocycles. The van der Waals surface area contributed by atoms with Crippen molar-refractivity contribution >= 4 is 11.8 Å². The number of hydrogen-bond donors (Lipinski definition) is 1. The molecule has 0 saturated carbocycles. The summed E-state index contributed by atoms with van der Waals surface area (Å²) in [5, 5.41) is 2.98. The lowest BCUT2D eigenvalue weighted by Crippen LogP contribution is -2.59. The fourth-order valence-corrected chi connectivity index (χ4v) is 3.64. The molecule has 2 amide bonds. The van der Waals surface area contributed by atoms with Gasteiger partial charge in [-0.3, -0.25) is 14.5 Å². The van der Waals surface area contributed by atoms with Crippen LogP contribution in [-0.2, 0) is 4.79 Å². The number of nitrogens with one attached hydrogen (secondary N) is 1. The van der Waals surface area contributed by atoms with Crippen LogP contribution in [0.5, 0.6) is 0 Å². The first-order chi connectivity index (χ1) is 10.4. The third-order valence-corrected chi connectivity index (χ3v) is 4.55. The van der Waals surface area contributed by atoms with E-state index in [1.807, 2.05) is 20.9 Å². The summed E-state index contributed by atoms with van der Waals surface area (Å²) < 4.78 is 5.16. The van der Waals surface area contributed by atoms with E-state index in [-0.39, 0.29) is 29.3 Å². The molecule has 1 N–H and O–H groups in total. The number of rotatable bonds is 3. The van der Waals surface area contributed by atoms with Crippen LogP contribution in [0.3, 0.4) is 0 Å². The highest BCUT2D eigenvalue weighted by molar-refractivity contribution is 5.92. The highest BCUT2D eigenvalue weighted by Gasteiger charge is 2.53. The maximum absolute atomic E-state index is 12.2. The van der Waals surface area contributed by atoms with Crippen molar-refractivity contribution in [3.8, 4) is 0 Å². The SMILES string of the molecule is CC(C)NC(=O)C1CC2(CN(C(=O)c3ccco3)C2)CN1C. The topological polar surface area (TPSA) is 65.8 Å². The Morgan fingerprint density at radius 1 is 1.36 bits per heavy atom. The van der Waals surface area contributed by atoms with Crippen molar-refractivity contribution in [1.29, 1.82) is 0 Å². The summed E-state index contributed by atoms with van der Waals surface area (Å²) in [7, 11) is 1.98. The number of nitrogens with zero attached hydrogens (tertiary/aromatic N) is 2. The van der Waals surface area contributed by atoms with Gasteiger partial charge in [0.25, 0.3) is 5.91 Å². The largest absolute Gasteiger partial charge is 0.459 e. The van der Waals surface area contributed by atoms with Gasteiger partial charge in [-0.05, 0) is 39.4 Å². The minimum absolute atomic E-state index is 0.0516. The third kappa shape index (κ3) is 2.63. The first-order valence-electron chi connectivity index (χ1n) is 7.74. The number of amides is 2. The molecule has 3 heterocycles. The summed E-state index contributed by atoms with van der Waals surface area (Å²) in [6, 6.07) is 3.46. The third-order valence-electron chi connectivity index (χ3n) is 4.55. The maximum atomic E-state index is 12.2. The van der Waals surface area contributed by atoms with E-state index in [4.69, 9.17) is 4.42 Å². The molecule has 2 fully saturated rings. The van der Waals surface area contributed by atoms with E-state index in [9.17, 15) is 9.59 Å². The fraction of sp³-hybridized carbons (Fsp3) is 0.625. The average Bonchev–Trinajstić information content (AvgIpc) is 3.02. The first kappa shape index (κ1) is 15.1. The second-order valence-corrected chi connectivity index (χ2v) is 6.94. The molecule has 1 atom stereocenters. The van der Waals surface area contributed by atoms with Crippen molar-refractivity contribution in [2.24, 2.45) is 5.41 Å². The van der Waals surface area contributed by atoms with Gasteiger partial charge < -0.3 is 14.6 Å². The number of furan rings is 1. The van der Waals surface area contributed by atoms with Crippen LogP contribution in [0, 0.1) is 5.41 Å². The van der Waals surface area contributed by atoms with Gasteiger partial charge in [-0.1, -0.05) is 0 Å². The van der Waals surface area contributed by atoms with Gasteiger partial charge in [-0.15, -0.1) is 0 Å². The number of carbonyl (C=O) groups is 2. The summed E-state index contributed by atoms with van der Waals surface area (Å²) in [6.45, 7) is 6.18. The first-order valence-corrected chi connectivity index (χ1v) is 7.74. The van der Waals surface area contributed by atoms with Crippen LogP contribution in [0.4, 0.5) is 0 Å². The van der Waals surface area contributed by atoms with Crippen LogP contribution in [-0.4, -0.2) is 60.4 Å². The Balaban J connectivity index is 1.59. The highest BCUT2D eigenvalue weighted by Crippen LogP contribution is 2.42. The van der Waals surface area contributed by atoms with Crippen LogP contribution in [0.1, 0.15) is 30.8 Å². The standard InChI is InChI=1S/C16H23N3O3/c1-11(2)17-14(20)12-7-16(8-18(12)3)9-19(10-16)15(21)13-5-4-6-22-13/h4-6,11-12H,7-10H2,1-3H3,(H,17,20). The predicted octanol–water partition coefficient (Wildman–Crippen LogP) is 0.950. The summed E-state index contributed by atoms with van der Waals surface area (Å²) >= 11 is 0. The molecule has 0 radical (unpaired) electrons. The number of likely N-dealkylation sites (N-methyl/N-ethyl adjacent to an activating group) is 1. The van der Waals surface area contributed by atoms with Gasteiger partial charge in [0.2, 0.25) is 5.91 Å². The van der Waals surface area contributed by atoms with E-state index in [1.165, 1.54) is 6.26 Å². The zero-order chi connectivity index (χ0) is 15.9. The Morgan fingerprint density at radius 3 is 2.68 bits per heavy atom. The van der Waals surface area contributed by atoms with E-state index in [0.717, 1.165) is 13.0 Å². The van der Waals surface area contributed by atoms with E-state index < -0.39 is 0 Å². The van der Waals surface area contributed by atoms with Crippen molar-refractivity contribution in [2.75, 3.05) is 26.7 Å². The van der Waals surface area contributed by atoms with Crippen LogP contribution in [0.25, 0.3) is 0 Å². The molecule has 6 heteroatoms. The molecular weight excluding hydrogens is 282 g/mol. The molecule has 0 aromatic carbocycles. The number of carbonyl (C=O) groups excluding carboxylic acids is 2. The van der Waals surface area contributed by atoms with Gasteiger partial charge >= 0.3 is 0 Å². The maximum Gasteiger partial charge on any atom is 0.289 e. The van der Waals surface area contributed by atoms with Gasteiger partial charge in [0, 0.05) is 31.1 Å². The molecular formula is C16H23N3O3. The summed E-state index contributed by atoms with van der Waals surface area (Å²) in [5.41, 5.74) is 0.0516. The van der Waals surface area contributed by atoms with E-state index in [0.29, 0.717) is 18.8 Å². The predicted molar refractivity (Wildman–Crippen MR) is 81.4 cm³/mol. The van der Waals surface area contributed by atoms with Crippen LogP contribution in [0.15, 0.2) is 22.8 Å². The Labute approximate surface area is 130 Å². The molecule has 120 valence electrons. The minimum atomic E-state index is -0.0942. The molecule has 2 aliphatic heterocycles. The normalized spacial score (nSPS) is 23.8. The number of hydrogen-bond acceptors (Lipinski definition) is 4. The lowest BCUT2D eigenvalue weighted by molar-refractivity contribution is -0.125. The van der Waals surface area contributed by atoms with E-state index >= 15 is 0 Å². The van der Waals surface area contributed by atoms with E-state index in [2.05, 4.69) is 10.2 Å². The average molecular weight is 305 g/mol.